The number of aromatic amines is 1. The maximum Gasteiger partial charge on any atom is 0.335 e. The third-order valence-electron chi connectivity index (χ3n) is 3.04. The van der Waals surface area contributed by atoms with Crippen molar-refractivity contribution in [1.82, 2.24) is 20.6 Å². The molecule has 0 saturated heterocycles. The summed E-state index contributed by atoms with van der Waals surface area (Å²) in [4.78, 5) is 11.3. The van der Waals surface area contributed by atoms with Crippen molar-refractivity contribution in [2.75, 3.05) is 0 Å². The van der Waals surface area contributed by atoms with E-state index in [0.29, 0.717) is 32.6 Å². The molecule has 0 aliphatic rings. The van der Waals surface area contributed by atoms with Crippen molar-refractivity contribution in [2.24, 2.45) is 0 Å². The smallest absolute Gasteiger partial charge is 0.335 e. The zero-order valence-corrected chi connectivity index (χ0v) is 12.4. The molecule has 0 amide bonds. The number of hydrogen-bond donors (Lipinski definition) is 2. The molecule has 3 rings (SSSR count). The summed E-state index contributed by atoms with van der Waals surface area (Å²) in [5.74, 6) is -0.698. The zero-order chi connectivity index (χ0) is 15.7. The number of nitrogens with zero attached hydrogens (tertiary/aromatic N) is 3. The fourth-order valence-corrected chi connectivity index (χ4v) is 2.44. The van der Waals surface area contributed by atoms with E-state index in [0.717, 1.165) is 0 Å². The molecule has 0 saturated carbocycles. The number of carboxylic acids is 1. The van der Waals surface area contributed by atoms with Gasteiger partial charge in [-0.1, -0.05) is 23.2 Å². The Morgan fingerprint density at radius 1 is 1.09 bits per heavy atom. The minimum Gasteiger partial charge on any atom is -0.478 e. The fraction of sp³-hybridized carbons (Fsp3) is 0. The molecule has 0 unspecified atom stereocenters. The van der Waals surface area contributed by atoms with E-state index in [4.69, 9.17) is 23.2 Å². The van der Waals surface area contributed by atoms with E-state index < -0.39 is 5.97 Å². The lowest BCUT2D eigenvalue weighted by molar-refractivity contribution is 0.0697. The molecule has 110 valence electrons. The van der Waals surface area contributed by atoms with Crippen LogP contribution in [0.25, 0.3) is 22.5 Å². The monoisotopic (exact) mass is 334 g/mol. The van der Waals surface area contributed by atoms with Crippen molar-refractivity contribution in [3.05, 3.63) is 52.0 Å². The quantitative estimate of drug-likeness (QED) is 0.764. The summed E-state index contributed by atoms with van der Waals surface area (Å²) >= 11 is 12.2. The Balaban J connectivity index is 2.23. The predicted molar refractivity (Wildman–Crippen MR) is 82.0 cm³/mol. The molecule has 6 nitrogen and oxygen atoms in total. The van der Waals surface area contributed by atoms with Crippen LogP contribution in [0.15, 0.2) is 36.4 Å². The van der Waals surface area contributed by atoms with E-state index in [1.807, 2.05) is 0 Å². The number of benzene rings is 2. The van der Waals surface area contributed by atoms with Gasteiger partial charge in [0.05, 0.1) is 5.56 Å². The van der Waals surface area contributed by atoms with E-state index in [-0.39, 0.29) is 5.56 Å². The number of hydrogen-bond acceptors (Lipinski definition) is 4. The summed E-state index contributed by atoms with van der Waals surface area (Å²) in [6.07, 6.45) is 0. The molecule has 0 bridgehead atoms. The molecule has 0 aliphatic carbocycles. The fourth-order valence-electron chi connectivity index (χ4n) is 2.04. The lowest BCUT2D eigenvalue weighted by atomic mass is 9.99. The predicted octanol–water partition coefficient (Wildman–Crippen LogP) is 3.54. The molecule has 0 aliphatic heterocycles. The summed E-state index contributed by atoms with van der Waals surface area (Å²) in [5, 5.41) is 23.6. The van der Waals surface area contributed by atoms with Gasteiger partial charge in [0.1, 0.15) is 0 Å². The summed E-state index contributed by atoms with van der Waals surface area (Å²) < 4.78 is 0. The van der Waals surface area contributed by atoms with Crippen LogP contribution in [0.1, 0.15) is 10.4 Å². The second-order valence-corrected chi connectivity index (χ2v) is 5.32. The number of nitrogens with one attached hydrogen (secondary N) is 1. The van der Waals surface area contributed by atoms with Crippen LogP contribution in [0.3, 0.4) is 0 Å². The maximum atomic E-state index is 11.3. The Morgan fingerprint density at radius 3 is 2.55 bits per heavy atom. The Labute approximate surface area is 134 Å². The van der Waals surface area contributed by atoms with Gasteiger partial charge in [-0.05, 0) is 52.4 Å². The second-order valence-electron chi connectivity index (χ2n) is 4.48. The number of aromatic nitrogens is 4. The molecule has 2 N–H and O–H groups in total. The first-order valence-corrected chi connectivity index (χ1v) is 6.88. The highest BCUT2D eigenvalue weighted by Crippen LogP contribution is 2.33. The third kappa shape index (κ3) is 2.79. The summed E-state index contributed by atoms with van der Waals surface area (Å²) in [7, 11) is 0. The van der Waals surface area contributed by atoms with Crippen LogP contribution in [0.4, 0.5) is 0 Å². The second kappa shape index (κ2) is 5.75. The van der Waals surface area contributed by atoms with Crippen LogP contribution in [-0.4, -0.2) is 31.7 Å². The largest absolute Gasteiger partial charge is 0.478 e. The highest BCUT2D eigenvalue weighted by molar-refractivity contribution is 6.35. The first-order chi connectivity index (χ1) is 10.5. The van der Waals surface area contributed by atoms with E-state index >= 15 is 0 Å². The molecule has 0 spiro atoms. The van der Waals surface area contributed by atoms with Crippen molar-refractivity contribution in [2.45, 2.75) is 0 Å². The Kier molecular flexibility index (Phi) is 3.79. The van der Waals surface area contributed by atoms with Gasteiger partial charge in [-0.15, -0.1) is 5.10 Å². The number of carbonyl (C=O) groups is 1. The van der Waals surface area contributed by atoms with Crippen LogP contribution in [0, 0.1) is 0 Å². The Hall–Kier alpha value is -2.44. The molecule has 22 heavy (non-hydrogen) atoms. The van der Waals surface area contributed by atoms with E-state index in [9.17, 15) is 9.90 Å². The molecule has 8 heteroatoms. The molecule has 3 aromatic rings. The Morgan fingerprint density at radius 2 is 1.86 bits per heavy atom. The lowest BCUT2D eigenvalue weighted by Gasteiger charge is -2.08. The average Bonchev–Trinajstić information content (AvgIpc) is 3.03. The Bertz CT molecular complexity index is 850. The van der Waals surface area contributed by atoms with Gasteiger partial charge >= 0.3 is 5.97 Å². The number of rotatable bonds is 3. The minimum atomic E-state index is -1.06. The number of tetrazole rings is 1. The highest BCUT2D eigenvalue weighted by atomic mass is 35.5. The van der Waals surface area contributed by atoms with Gasteiger partial charge in [0.2, 0.25) is 0 Å². The number of carboxylic acid groups (broad SMARTS) is 1. The van der Waals surface area contributed by atoms with Crippen molar-refractivity contribution in [3.63, 3.8) is 0 Å². The van der Waals surface area contributed by atoms with Gasteiger partial charge in [-0.3, -0.25) is 0 Å². The molecule has 0 fully saturated rings. The van der Waals surface area contributed by atoms with Crippen molar-refractivity contribution < 1.29 is 9.90 Å². The van der Waals surface area contributed by atoms with E-state index in [1.165, 1.54) is 12.1 Å². The number of halogens is 2. The van der Waals surface area contributed by atoms with Crippen LogP contribution in [-0.2, 0) is 0 Å². The van der Waals surface area contributed by atoms with Crippen molar-refractivity contribution >= 4 is 29.2 Å². The molecule has 1 aromatic heterocycles. The van der Waals surface area contributed by atoms with Gasteiger partial charge in [-0.25, -0.2) is 9.89 Å². The average molecular weight is 335 g/mol. The molecule has 2 aromatic carbocycles. The van der Waals surface area contributed by atoms with Crippen molar-refractivity contribution in [1.29, 1.82) is 0 Å². The van der Waals surface area contributed by atoms with E-state index in [1.54, 1.807) is 24.3 Å². The van der Waals surface area contributed by atoms with Crippen molar-refractivity contribution in [3.8, 4) is 22.5 Å². The highest BCUT2D eigenvalue weighted by Gasteiger charge is 2.13. The van der Waals surface area contributed by atoms with E-state index in [2.05, 4.69) is 20.6 Å². The first-order valence-electron chi connectivity index (χ1n) is 6.12. The van der Waals surface area contributed by atoms with Gasteiger partial charge in [0, 0.05) is 21.2 Å². The molecule has 1 heterocycles. The zero-order valence-electron chi connectivity index (χ0n) is 10.9. The van der Waals surface area contributed by atoms with Gasteiger partial charge in [-0.2, -0.15) is 0 Å². The van der Waals surface area contributed by atoms with Crippen LogP contribution in [0.5, 0.6) is 0 Å². The minimum absolute atomic E-state index is 0.0972. The van der Waals surface area contributed by atoms with Gasteiger partial charge < -0.3 is 5.11 Å². The van der Waals surface area contributed by atoms with Gasteiger partial charge in [0.15, 0.2) is 5.82 Å². The van der Waals surface area contributed by atoms with Crippen LogP contribution >= 0.6 is 23.2 Å². The standard InChI is InChI=1S/C14H8Cl2N4O2/c15-10-1-2-12(16)11(6-10)7-3-8(13-17-19-20-18-13)5-9(4-7)14(21)22/h1-6H,(H,21,22)(H,17,18,19,20). The molecular weight excluding hydrogens is 327 g/mol. The molecular formula is C14H8Cl2N4O2. The summed E-state index contributed by atoms with van der Waals surface area (Å²) in [6, 6.07) is 9.73. The van der Waals surface area contributed by atoms with Crippen LogP contribution < -0.4 is 0 Å². The summed E-state index contributed by atoms with van der Waals surface area (Å²) in [6.45, 7) is 0. The number of H-pyrrole nitrogens is 1. The molecule has 0 atom stereocenters. The lowest BCUT2D eigenvalue weighted by Crippen LogP contribution is -1.98. The first kappa shape index (κ1) is 14.5. The number of aromatic carboxylic acids is 1. The van der Waals surface area contributed by atoms with Crippen LogP contribution in [0.2, 0.25) is 10.0 Å². The SMILES string of the molecule is O=C(O)c1cc(-c2nnn[nH]2)cc(-c2cc(Cl)ccc2Cl)c1. The van der Waals surface area contributed by atoms with Gasteiger partial charge in [0.25, 0.3) is 0 Å². The normalized spacial score (nSPS) is 10.6. The topological polar surface area (TPSA) is 91.8 Å². The molecule has 0 radical (unpaired) electrons. The maximum absolute atomic E-state index is 11.3. The summed E-state index contributed by atoms with van der Waals surface area (Å²) in [5.41, 5.74) is 1.88. The third-order valence-corrected chi connectivity index (χ3v) is 3.60.